The maximum absolute atomic E-state index is 12.3. The molecular formula is C17H27ClN2OS. The standard InChI is InChI=1S/C17H26N2OS.ClH/c1-13-5-3-6-15(9-13)11-21-12-17(20)19-8-4-7-16(10-19)14(2)18;/h3,5-6,9,14,16H,4,7-8,10-12,18H2,1-2H3;1H. The van der Waals surface area contributed by atoms with Crippen molar-refractivity contribution in [3.8, 4) is 0 Å². The minimum Gasteiger partial charge on any atom is -0.342 e. The minimum absolute atomic E-state index is 0. The van der Waals surface area contributed by atoms with E-state index in [2.05, 4.69) is 31.2 Å². The molecule has 0 saturated carbocycles. The molecule has 2 rings (SSSR count). The zero-order valence-corrected chi connectivity index (χ0v) is 15.1. The lowest BCUT2D eigenvalue weighted by molar-refractivity contribution is -0.130. The predicted molar refractivity (Wildman–Crippen MR) is 97.5 cm³/mol. The van der Waals surface area contributed by atoms with Crippen molar-refractivity contribution in [1.82, 2.24) is 4.90 Å². The van der Waals surface area contributed by atoms with Gasteiger partial charge in [0.2, 0.25) is 5.91 Å². The van der Waals surface area contributed by atoms with Gasteiger partial charge in [-0.2, -0.15) is 0 Å². The summed E-state index contributed by atoms with van der Waals surface area (Å²) in [5, 5.41) is 0. The second kappa shape index (κ2) is 9.43. The van der Waals surface area contributed by atoms with Crippen LogP contribution in [-0.4, -0.2) is 35.7 Å². The summed E-state index contributed by atoms with van der Waals surface area (Å²) in [4.78, 5) is 14.3. The van der Waals surface area contributed by atoms with E-state index in [1.54, 1.807) is 11.8 Å². The van der Waals surface area contributed by atoms with Crippen molar-refractivity contribution in [3.05, 3.63) is 35.4 Å². The van der Waals surface area contributed by atoms with Crippen molar-refractivity contribution in [1.29, 1.82) is 0 Å². The number of hydrogen-bond donors (Lipinski definition) is 1. The largest absolute Gasteiger partial charge is 0.342 e. The first-order valence-electron chi connectivity index (χ1n) is 7.73. The number of hydrogen-bond acceptors (Lipinski definition) is 3. The predicted octanol–water partition coefficient (Wildman–Crippen LogP) is 3.24. The van der Waals surface area contributed by atoms with E-state index in [1.165, 1.54) is 11.1 Å². The summed E-state index contributed by atoms with van der Waals surface area (Å²) >= 11 is 1.70. The minimum atomic E-state index is 0. The fourth-order valence-electron chi connectivity index (χ4n) is 2.82. The van der Waals surface area contributed by atoms with Gasteiger partial charge in [-0.1, -0.05) is 29.8 Å². The van der Waals surface area contributed by atoms with Crippen molar-refractivity contribution in [3.63, 3.8) is 0 Å². The maximum atomic E-state index is 12.3. The van der Waals surface area contributed by atoms with Crippen molar-refractivity contribution >= 4 is 30.1 Å². The third-order valence-corrected chi connectivity index (χ3v) is 5.12. The number of piperidine rings is 1. The van der Waals surface area contributed by atoms with Crippen LogP contribution in [0.25, 0.3) is 0 Å². The normalized spacial score (nSPS) is 19.4. The molecular weight excluding hydrogens is 316 g/mol. The fourth-order valence-corrected chi connectivity index (χ4v) is 3.69. The molecule has 0 spiro atoms. The third kappa shape index (κ3) is 5.82. The van der Waals surface area contributed by atoms with E-state index < -0.39 is 0 Å². The summed E-state index contributed by atoms with van der Waals surface area (Å²) in [7, 11) is 0. The number of nitrogens with zero attached hydrogens (tertiary/aromatic N) is 1. The van der Waals surface area contributed by atoms with Crippen LogP contribution in [-0.2, 0) is 10.5 Å². The van der Waals surface area contributed by atoms with Gasteiger partial charge < -0.3 is 10.6 Å². The van der Waals surface area contributed by atoms with E-state index in [1.807, 2.05) is 11.8 Å². The molecule has 124 valence electrons. The topological polar surface area (TPSA) is 46.3 Å². The smallest absolute Gasteiger partial charge is 0.232 e. The highest BCUT2D eigenvalue weighted by Crippen LogP contribution is 2.20. The van der Waals surface area contributed by atoms with Gasteiger partial charge in [-0.15, -0.1) is 24.2 Å². The second-order valence-corrected chi connectivity index (χ2v) is 7.07. The highest BCUT2D eigenvalue weighted by atomic mass is 35.5. The molecule has 1 amide bonds. The summed E-state index contributed by atoms with van der Waals surface area (Å²) < 4.78 is 0. The second-order valence-electron chi connectivity index (χ2n) is 6.08. The van der Waals surface area contributed by atoms with Gasteiger partial charge in [-0.05, 0) is 38.2 Å². The third-order valence-electron chi connectivity index (χ3n) is 4.13. The van der Waals surface area contributed by atoms with Gasteiger partial charge in [0.05, 0.1) is 5.75 Å². The highest BCUT2D eigenvalue weighted by Gasteiger charge is 2.25. The van der Waals surface area contributed by atoms with Gasteiger partial charge in [-0.25, -0.2) is 0 Å². The van der Waals surface area contributed by atoms with Crippen molar-refractivity contribution in [2.45, 2.75) is 38.5 Å². The molecule has 0 radical (unpaired) electrons. The molecule has 0 aromatic heterocycles. The van der Waals surface area contributed by atoms with E-state index in [9.17, 15) is 4.79 Å². The fraction of sp³-hybridized carbons (Fsp3) is 0.588. The average molecular weight is 343 g/mol. The molecule has 2 atom stereocenters. The molecule has 1 aliphatic rings. The summed E-state index contributed by atoms with van der Waals surface area (Å²) in [6, 6.07) is 8.66. The molecule has 1 aliphatic heterocycles. The Kier molecular flexibility index (Phi) is 8.29. The van der Waals surface area contributed by atoms with Crippen LogP contribution in [0.1, 0.15) is 30.9 Å². The zero-order valence-electron chi connectivity index (χ0n) is 13.5. The zero-order chi connectivity index (χ0) is 15.2. The van der Waals surface area contributed by atoms with Crippen LogP contribution in [0, 0.1) is 12.8 Å². The Morgan fingerprint density at radius 2 is 2.27 bits per heavy atom. The molecule has 3 nitrogen and oxygen atoms in total. The molecule has 1 heterocycles. The van der Waals surface area contributed by atoms with E-state index in [4.69, 9.17) is 5.73 Å². The number of amides is 1. The molecule has 1 saturated heterocycles. The van der Waals surface area contributed by atoms with Gasteiger partial charge >= 0.3 is 0 Å². The molecule has 0 bridgehead atoms. The van der Waals surface area contributed by atoms with E-state index in [0.717, 1.165) is 31.7 Å². The number of benzene rings is 1. The van der Waals surface area contributed by atoms with Gasteiger partial charge in [0.25, 0.3) is 0 Å². The first kappa shape index (κ1) is 19.3. The van der Waals surface area contributed by atoms with Crippen molar-refractivity contribution in [2.24, 2.45) is 11.7 Å². The summed E-state index contributed by atoms with van der Waals surface area (Å²) in [6.45, 7) is 5.88. The summed E-state index contributed by atoms with van der Waals surface area (Å²) in [5.41, 5.74) is 8.54. The van der Waals surface area contributed by atoms with Gasteiger partial charge in [-0.3, -0.25) is 4.79 Å². The monoisotopic (exact) mass is 342 g/mol. The quantitative estimate of drug-likeness (QED) is 0.893. The lowest BCUT2D eigenvalue weighted by atomic mass is 9.92. The maximum Gasteiger partial charge on any atom is 0.232 e. The molecule has 2 unspecified atom stereocenters. The number of carbonyl (C=O) groups excluding carboxylic acids is 1. The number of rotatable bonds is 5. The van der Waals surface area contributed by atoms with Crippen LogP contribution in [0.4, 0.5) is 0 Å². The number of aryl methyl sites for hydroxylation is 1. The molecule has 22 heavy (non-hydrogen) atoms. The van der Waals surface area contributed by atoms with Crippen LogP contribution < -0.4 is 5.73 Å². The van der Waals surface area contributed by atoms with Crippen LogP contribution in [0.2, 0.25) is 0 Å². The van der Waals surface area contributed by atoms with Crippen molar-refractivity contribution in [2.75, 3.05) is 18.8 Å². The number of nitrogens with two attached hydrogens (primary N) is 1. The molecule has 5 heteroatoms. The van der Waals surface area contributed by atoms with Crippen molar-refractivity contribution < 1.29 is 4.79 Å². The Hall–Kier alpha value is -0.710. The Labute approximate surface area is 144 Å². The van der Waals surface area contributed by atoms with Gasteiger partial charge in [0.15, 0.2) is 0 Å². The first-order valence-corrected chi connectivity index (χ1v) is 8.88. The van der Waals surface area contributed by atoms with E-state index in [-0.39, 0.29) is 24.4 Å². The summed E-state index contributed by atoms with van der Waals surface area (Å²) in [5.74, 6) is 2.19. The Morgan fingerprint density at radius 3 is 2.95 bits per heavy atom. The Morgan fingerprint density at radius 1 is 1.50 bits per heavy atom. The lowest BCUT2D eigenvalue weighted by Gasteiger charge is -2.34. The molecule has 2 N–H and O–H groups in total. The highest BCUT2D eigenvalue weighted by molar-refractivity contribution is 7.99. The lowest BCUT2D eigenvalue weighted by Crippen LogP contribution is -2.45. The number of thioether (sulfide) groups is 1. The molecule has 1 aromatic rings. The number of carbonyl (C=O) groups is 1. The summed E-state index contributed by atoms with van der Waals surface area (Å²) in [6.07, 6.45) is 2.23. The average Bonchev–Trinajstić information content (AvgIpc) is 2.47. The van der Waals surface area contributed by atoms with Gasteiger partial charge in [0, 0.05) is 24.9 Å². The van der Waals surface area contributed by atoms with E-state index >= 15 is 0 Å². The Bertz CT molecular complexity index is 481. The van der Waals surface area contributed by atoms with Crippen LogP contribution >= 0.6 is 24.2 Å². The molecule has 1 aromatic carbocycles. The molecule has 0 aliphatic carbocycles. The van der Waals surface area contributed by atoms with E-state index in [0.29, 0.717) is 11.7 Å². The number of likely N-dealkylation sites (tertiary alicyclic amines) is 1. The Balaban J connectivity index is 0.00000242. The SMILES string of the molecule is Cc1cccc(CSCC(=O)N2CCCC(C(C)N)C2)c1.Cl. The number of halogens is 1. The van der Waals surface area contributed by atoms with Crippen LogP contribution in [0.5, 0.6) is 0 Å². The molecule has 1 fully saturated rings. The first-order chi connectivity index (χ1) is 10.1. The van der Waals surface area contributed by atoms with Gasteiger partial charge in [0.1, 0.15) is 0 Å². The van der Waals surface area contributed by atoms with Crippen LogP contribution in [0.15, 0.2) is 24.3 Å². The van der Waals surface area contributed by atoms with Crippen LogP contribution in [0.3, 0.4) is 0 Å².